The molecule has 0 aromatic heterocycles. The summed E-state index contributed by atoms with van der Waals surface area (Å²) in [5, 5.41) is 0. The highest BCUT2D eigenvalue weighted by Crippen LogP contribution is 2.21. The molecule has 5 heteroatoms. The largest absolute Gasteiger partial charge is 0.492 e. The van der Waals surface area contributed by atoms with Gasteiger partial charge in [-0.2, -0.15) is 0 Å². The highest BCUT2D eigenvalue weighted by atomic mass is 16.5. The molecule has 134 valence electrons. The van der Waals surface area contributed by atoms with Crippen molar-refractivity contribution in [1.29, 1.82) is 0 Å². The van der Waals surface area contributed by atoms with E-state index < -0.39 is 0 Å². The van der Waals surface area contributed by atoms with Gasteiger partial charge >= 0.3 is 0 Å². The van der Waals surface area contributed by atoms with Crippen molar-refractivity contribution in [3.8, 4) is 5.75 Å². The van der Waals surface area contributed by atoms with Crippen molar-refractivity contribution in [1.82, 2.24) is 14.7 Å². The average Bonchev–Trinajstić information content (AvgIpc) is 3.02. The van der Waals surface area contributed by atoms with Gasteiger partial charge in [-0.05, 0) is 19.0 Å². The molecule has 2 N–H and O–H groups in total. The first-order valence-electron chi connectivity index (χ1n) is 9.38. The number of nitrogens with two attached hydrogens (primary N) is 1. The minimum absolute atomic E-state index is 0.333. The fourth-order valence-corrected chi connectivity index (χ4v) is 3.64. The van der Waals surface area contributed by atoms with Crippen LogP contribution in [0.1, 0.15) is 18.9 Å². The molecule has 2 saturated heterocycles. The molecule has 0 aliphatic carbocycles. The number of hydrogen-bond acceptors (Lipinski definition) is 5. The summed E-state index contributed by atoms with van der Waals surface area (Å²) >= 11 is 0. The number of rotatable bonds is 7. The van der Waals surface area contributed by atoms with Crippen LogP contribution in [0, 0.1) is 0 Å². The van der Waals surface area contributed by atoms with Gasteiger partial charge in [0.1, 0.15) is 12.4 Å². The molecule has 0 bridgehead atoms. The second-order valence-electron chi connectivity index (χ2n) is 7.02. The number of piperazine rings is 1. The topological polar surface area (TPSA) is 45.0 Å². The van der Waals surface area contributed by atoms with E-state index in [-0.39, 0.29) is 0 Å². The number of nitrogens with zero attached hydrogens (tertiary/aromatic N) is 3. The highest BCUT2D eigenvalue weighted by Gasteiger charge is 2.20. The van der Waals surface area contributed by atoms with Crippen LogP contribution in [0.5, 0.6) is 5.75 Å². The molecule has 0 unspecified atom stereocenters. The fraction of sp³-hybridized carbons (Fsp3) is 0.684. The third kappa shape index (κ3) is 4.93. The summed E-state index contributed by atoms with van der Waals surface area (Å²) in [4.78, 5) is 7.44. The Labute approximate surface area is 146 Å². The number of benzene rings is 1. The van der Waals surface area contributed by atoms with Crippen molar-refractivity contribution in [3.63, 3.8) is 0 Å². The molecule has 0 radical (unpaired) electrons. The Morgan fingerprint density at radius 2 is 1.79 bits per heavy atom. The highest BCUT2D eigenvalue weighted by molar-refractivity contribution is 5.33. The summed E-state index contributed by atoms with van der Waals surface area (Å²) < 4.78 is 6.12. The zero-order valence-corrected chi connectivity index (χ0v) is 15.0. The minimum atomic E-state index is 0.333. The van der Waals surface area contributed by atoms with E-state index in [0.29, 0.717) is 6.04 Å². The molecular weight excluding hydrogens is 300 g/mol. The van der Waals surface area contributed by atoms with Crippen LogP contribution in [-0.4, -0.2) is 79.7 Å². The van der Waals surface area contributed by atoms with E-state index in [9.17, 15) is 0 Å². The normalized spacial score (nSPS) is 23.7. The molecule has 1 atom stereocenters. The SMILES string of the molecule is CCN1CCN(CCOc2ccccc2CN2CC[C@H](N)C2)CC1. The van der Waals surface area contributed by atoms with Gasteiger partial charge in [-0.1, -0.05) is 25.1 Å². The van der Waals surface area contributed by atoms with Crippen LogP contribution in [0.25, 0.3) is 0 Å². The standard InChI is InChI=1S/C19H32N4O/c1-2-21-9-11-22(12-10-21)13-14-24-19-6-4-3-5-17(19)15-23-8-7-18(20)16-23/h3-6,18H,2,7-16,20H2,1H3/t18-/m0/s1. The lowest BCUT2D eigenvalue weighted by Gasteiger charge is -2.33. The average molecular weight is 332 g/mol. The molecule has 0 amide bonds. The lowest BCUT2D eigenvalue weighted by Crippen LogP contribution is -2.47. The second-order valence-corrected chi connectivity index (χ2v) is 7.02. The molecule has 2 fully saturated rings. The van der Waals surface area contributed by atoms with E-state index in [2.05, 4.69) is 45.9 Å². The first-order chi connectivity index (χ1) is 11.7. The van der Waals surface area contributed by atoms with Crippen molar-refractivity contribution in [2.45, 2.75) is 25.9 Å². The predicted molar refractivity (Wildman–Crippen MR) is 98.4 cm³/mol. The van der Waals surface area contributed by atoms with Crippen LogP contribution < -0.4 is 10.5 Å². The van der Waals surface area contributed by atoms with Crippen molar-refractivity contribution >= 4 is 0 Å². The van der Waals surface area contributed by atoms with Gasteiger partial charge < -0.3 is 15.4 Å². The first kappa shape index (κ1) is 17.7. The molecule has 1 aromatic rings. The molecule has 0 spiro atoms. The Bertz CT molecular complexity index is 502. The maximum absolute atomic E-state index is 6.12. The molecule has 24 heavy (non-hydrogen) atoms. The first-order valence-corrected chi connectivity index (χ1v) is 9.38. The van der Waals surface area contributed by atoms with E-state index in [1.807, 2.05) is 0 Å². The molecule has 3 rings (SSSR count). The second kappa shape index (κ2) is 8.81. The van der Waals surface area contributed by atoms with E-state index >= 15 is 0 Å². The van der Waals surface area contributed by atoms with Crippen LogP contribution in [0.15, 0.2) is 24.3 Å². The van der Waals surface area contributed by atoms with E-state index in [1.54, 1.807) is 0 Å². The summed E-state index contributed by atoms with van der Waals surface area (Å²) in [6.45, 7) is 12.9. The number of likely N-dealkylation sites (N-methyl/N-ethyl adjacent to an activating group) is 1. The van der Waals surface area contributed by atoms with Gasteiger partial charge in [0.25, 0.3) is 0 Å². The zero-order valence-electron chi connectivity index (χ0n) is 15.0. The zero-order chi connectivity index (χ0) is 16.8. The van der Waals surface area contributed by atoms with Gasteiger partial charge in [-0.25, -0.2) is 0 Å². The van der Waals surface area contributed by atoms with Crippen molar-refractivity contribution in [2.24, 2.45) is 5.73 Å². The van der Waals surface area contributed by atoms with E-state index in [4.69, 9.17) is 10.5 Å². The van der Waals surface area contributed by atoms with E-state index in [1.165, 1.54) is 18.7 Å². The summed E-state index contributed by atoms with van der Waals surface area (Å²) in [5.74, 6) is 1.03. The minimum Gasteiger partial charge on any atom is -0.492 e. The summed E-state index contributed by atoms with van der Waals surface area (Å²) in [7, 11) is 0. The molecule has 2 aliphatic heterocycles. The fourth-order valence-electron chi connectivity index (χ4n) is 3.64. The molecule has 2 heterocycles. The predicted octanol–water partition coefficient (Wildman–Crippen LogP) is 1.24. The summed E-state index contributed by atoms with van der Waals surface area (Å²) in [6, 6.07) is 8.77. The quantitative estimate of drug-likeness (QED) is 0.814. The molecule has 2 aliphatic rings. The Morgan fingerprint density at radius 1 is 1.04 bits per heavy atom. The van der Waals surface area contributed by atoms with Crippen molar-refractivity contribution in [3.05, 3.63) is 29.8 Å². The van der Waals surface area contributed by atoms with E-state index in [0.717, 1.165) is 64.6 Å². The Morgan fingerprint density at radius 3 is 2.50 bits per heavy atom. The number of likely N-dealkylation sites (tertiary alicyclic amines) is 1. The summed E-state index contributed by atoms with van der Waals surface area (Å²) in [6.07, 6.45) is 1.10. The Kier molecular flexibility index (Phi) is 6.49. The monoisotopic (exact) mass is 332 g/mol. The molecule has 1 aromatic carbocycles. The van der Waals surface area contributed by atoms with Gasteiger partial charge in [0, 0.05) is 64.0 Å². The van der Waals surface area contributed by atoms with Crippen molar-refractivity contribution < 1.29 is 4.74 Å². The van der Waals surface area contributed by atoms with Crippen LogP contribution in [0.2, 0.25) is 0 Å². The Balaban J connectivity index is 1.45. The number of ether oxygens (including phenoxy) is 1. The third-order valence-electron chi connectivity index (χ3n) is 5.25. The molecule has 5 nitrogen and oxygen atoms in total. The maximum atomic E-state index is 6.12. The number of para-hydroxylation sites is 1. The van der Waals surface area contributed by atoms with Crippen molar-refractivity contribution in [2.75, 3.05) is 59.0 Å². The maximum Gasteiger partial charge on any atom is 0.123 e. The van der Waals surface area contributed by atoms with Gasteiger partial charge in [-0.15, -0.1) is 0 Å². The van der Waals surface area contributed by atoms with Gasteiger partial charge in [-0.3, -0.25) is 9.80 Å². The molecule has 0 saturated carbocycles. The van der Waals surface area contributed by atoms with Gasteiger partial charge in [0.05, 0.1) is 0 Å². The summed E-state index contributed by atoms with van der Waals surface area (Å²) in [5.41, 5.74) is 7.30. The lowest BCUT2D eigenvalue weighted by atomic mass is 10.2. The Hall–Kier alpha value is -1.14. The van der Waals surface area contributed by atoms with Gasteiger partial charge in [0.2, 0.25) is 0 Å². The van der Waals surface area contributed by atoms with Gasteiger partial charge in [0.15, 0.2) is 0 Å². The smallest absolute Gasteiger partial charge is 0.123 e. The van der Waals surface area contributed by atoms with Crippen LogP contribution in [0.4, 0.5) is 0 Å². The van der Waals surface area contributed by atoms with Crippen LogP contribution in [-0.2, 0) is 6.54 Å². The van der Waals surface area contributed by atoms with Crippen LogP contribution >= 0.6 is 0 Å². The third-order valence-corrected chi connectivity index (χ3v) is 5.25. The lowest BCUT2D eigenvalue weighted by molar-refractivity contribution is 0.120. The molecular formula is C19H32N4O. The number of hydrogen-bond donors (Lipinski definition) is 1. The van der Waals surface area contributed by atoms with Crippen LogP contribution in [0.3, 0.4) is 0 Å².